The minimum atomic E-state index is -0.257. The number of ketones is 1. The first-order chi connectivity index (χ1) is 12.6. The highest BCUT2D eigenvalue weighted by Crippen LogP contribution is 2.30. The summed E-state index contributed by atoms with van der Waals surface area (Å²) in [6.45, 7) is 2.08. The van der Waals surface area contributed by atoms with Crippen LogP contribution in [0.2, 0.25) is 0 Å². The largest absolute Gasteiger partial charge is 0.363 e. The number of carbonyl (C=O) groups is 1. The van der Waals surface area contributed by atoms with Crippen molar-refractivity contribution in [3.63, 3.8) is 0 Å². The fourth-order valence-electron chi connectivity index (χ4n) is 2.68. The number of anilines is 1. The van der Waals surface area contributed by atoms with Crippen LogP contribution in [0.4, 0.5) is 10.2 Å². The van der Waals surface area contributed by atoms with Crippen LogP contribution in [0, 0.1) is 5.82 Å². The van der Waals surface area contributed by atoms with Gasteiger partial charge in [-0.25, -0.2) is 14.4 Å². The monoisotopic (exact) mass is 366 g/mol. The van der Waals surface area contributed by atoms with E-state index in [0.717, 1.165) is 21.0 Å². The number of rotatable bonds is 5. The average Bonchev–Trinajstić information content (AvgIpc) is 3.28. The molecular formula is C19H15FN4OS. The van der Waals surface area contributed by atoms with Gasteiger partial charge in [-0.2, -0.15) is 0 Å². The SMILES string of the molecule is CC(=O)c1ccc(-c2cnc3c(NCc4ccc(F)cc4)nccn23)s1. The van der Waals surface area contributed by atoms with Crippen LogP contribution in [0.1, 0.15) is 22.2 Å². The van der Waals surface area contributed by atoms with Crippen molar-refractivity contribution < 1.29 is 9.18 Å². The Balaban J connectivity index is 1.64. The summed E-state index contributed by atoms with van der Waals surface area (Å²) in [6, 6.07) is 10.1. The maximum absolute atomic E-state index is 13.0. The number of Topliss-reactive ketones (excluding diaryl/α,β-unsaturated/α-hetero) is 1. The molecule has 0 aliphatic carbocycles. The number of fused-ring (bicyclic) bond motifs is 1. The molecule has 0 atom stereocenters. The van der Waals surface area contributed by atoms with Crippen LogP contribution in [-0.4, -0.2) is 20.2 Å². The summed E-state index contributed by atoms with van der Waals surface area (Å²) >= 11 is 1.44. The van der Waals surface area contributed by atoms with Crippen LogP contribution < -0.4 is 5.32 Å². The first-order valence-corrected chi connectivity index (χ1v) is 8.85. The number of benzene rings is 1. The van der Waals surface area contributed by atoms with Gasteiger partial charge in [-0.05, 0) is 36.8 Å². The van der Waals surface area contributed by atoms with Crippen LogP contribution in [0.5, 0.6) is 0 Å². The number of nitrogens with zero attached hydrogens (tertiary/aromatic N) is 3. The summed E-state index contributed by atoms with van der Waals surface area (Å²) in [4.78, 5) is 22.1. The van der Waals surface area contributed by atoms with Gasteiger partial charge in [-0.15, -0.1) is 11.3 Å². The normalized spacial score (nSPS) is 11.0. The molecule has 3 heterocycles. The lowest BCUT2D eigenvalue weighted by Crippen LogP contribution is -2.03. The van der Waals surface area contributed by atoms with E-state index in [2.05, 4.69) is 15.3 Å². The molecule has 0 fully saturated rings. The zero-order chi connectivity index (χ0) is 18.1. The number of aromatic nitrogens is 3. The minimum Gasteiger partial charge on any atom is -0.363 e. The molecule has 1 aromatic carbocycles. The zero-order valence-electron chi connectivity index (χ0n) is 13.9. The smallest absolute Gasteiger partial charge is 0.180 e. The molecule has 0 unspecified atom stereocenters. The average molecular weight is 366 g/mol. The minimum absolute atomic E-state index is 0.0541. The predicted molar refractivity (Wildman–Crippen MR) is 100 cm³/mol. The van der Waals surface area contributed by atoms with E-state index >= 15 is 0 Å². The lowest BCUT2D eigenvalue weighted by Gasteiger charge is -2.07. The van der Waals surface area contributed by atoms with Crippen LogP contribution in [-0.2, 0) is 6.54 Å². The summed E-state index contributed by atoms with van der Waals surface area (Å²) < 4.78 is 14.9. The van der Waals surface area contributed by atoms with Gasteiger partial charge in [0.25, 0.3) is 0 Å². The first kappa shape index (κ1) is 16.4. The summed E-state index contributed by atoms with van der Waals surface area (Å²) in [5, 5.41) is 3.24. The van der Waals surface area contributed by atoms with Gasteiger partial charge in [0.15, 0.2) is 17.2 Å². The van der Waals surface area contributed by atoms with Crippen molar-refractivity contribution in [2.45, 2.75) is 13.5 Å². The second-order valence-electron chi connectivity index (χ2n) is 5.81. The molecule has 4 aromatic rings. The molecule has 130 valence electrons. The van der Waals surface area contributed by atoms with E-state index in [9.17, 15) is 9.18 Å². The molecule has 0 saturated carbocycles. The van der Waals surface area contributed by atoms with Gasteiger partial charge in [0.1, 0.15) is 5.82 Å². The topological polar surface area (TPSA) is 59.3 Å². The van der Waals surface area contributed by atoms with Crippen LogP contribution in [0.3, 0.4) is 0 Å². The van der Waals surface area contributed by atoms with Crippen molar-refractivity contribution in [2.75, 3.05) is 5.32 Å². The van der Waals surface area contributed by atoms with E-state index in [-0.39, 0.29) is 11.6 Å². The van der Waals surface area contributed by atoms with Crippen molar-refractivity contribution in [1.82, 2.24) is 14.4 Å². The highest BCUT2D eigenvalue weighted by atomic mass is 32.1. The summed E-state index contributed by atoms with van der Waals surface area (Å²) in [7, 11) is 0. The number of halogens is 1. The number of carbonyl (C=O) groups excluding carboxylic acids is 1. The molecule has 0 spiro atoms. The van der Waals surface area contributed by atoms with Crippen molar-refractivity contribution in [2.24, 2.45) is 0 Å². The summed E-state index contributed by atoms with van der Waals surface area (Å²) in [5.41, 5.74) is 2.55. The third kappa shape index (κ3) is 3.09. The van der Waals surface area contributed by atoms with Crippen molar-refractivity contribution in [3.8, 4) is 10.6 Å². The molecular weight excluding hydrogens is 351 g/mol. The summed E-state index contributed by atoms with van der Waals surface area (Å²) in [6.07, 6.45) is 5.31. The Kier molecular flexibility index (Phi) is 4.22. The van der Waals surface area contributed by atoms with Gasteiger partial charge in [0, 0.05) is 18.9 Å². The number of thiophene rings is 1. The Labute approximate surface area is 153 Å². The molecule has 0 aliphatic heterocycles. The molecule has 5 nitrogen and oxygen atoms in total. The molecule has 4 rings (SSSR count). The molecule has 7 heteroatoms. The van der Waals surface area contributed by atoms with Gasteiger partial charge < -0.3 is 5.32 Å². The number of hydrogen-bond donors (Lipinski definition) is 1. The fourth-order valence-corrected chi connectivity index (χ4v) is 3.59. The maximum atomic E-state index is 13.0. The van der Waals surface area contributed by atoms with E-state index in [1.54, 1.807) is 31.5 Å². The highest BCUT2D eigenvalue weighted by Gasteiger charge is 2.13. The zero-order valence-corrected chi connectivity index (χ0v) is 14.8. The third-order valence-corrected chi connectivity index (χ3v) is 5.22. The molecule has 0 amide bonds. The molecule has 26 heavy (non-hydrogen) atoms. The maximum Gasteiger partial charge on any atom is 0.180 e. The van der Waals surface area contributed by atoms with Crippen molar-refractivity contribution >= 4 is 28.6 Å². The second kappa shape index (κ2) is 6.68. The standard InChI is InChI=1S/C19H15FN4OS/c1-12(25)16-6-7-17(26-16)15-11-23-19-18(21-8-9-24(15)19)22-10-13-2-4-14(20)5-3-13/h2-9,11H,10H2,1H3,(H,21,22). The van der Waals surface area contributed by atoms with E-state index in [1.807, 2.05) is 22.7 Å². The van der Waals surface area contributed by atoms with Gasteiger partial charge in [-0.1, -0.05) is 12.1 Å². The van der Waals surface area contributed by atoms with E-state index in [4.69, 9.17) is 0 Å². The predicted octanol–water partition coefficient (Wildman–Crippen LogP) is 4.41. The third-order valence-electron chi connectivity index (χ3n) is 4.01. The first-order valence-electron chi connectivity index (χ1n) is 8.03. The molecule has 0 saturated heterocycles. The summed E-state index contributed by atoms with van der Waals surface area (Å²) in [5.74, 6) is 0.442. The fraction of sp³-hybridized carbons (Fsp3) is 0.105. The molecule has 0 radical (unpaired) electrons. The molecule has 1 N–H and O–H groups in total. The van der Waals surface area contributed by atoms with Crippen molar-refractivity contribution in [1.29, 1.82) is 0 Å². The van der Waals surface area contributed by atoms with Gasteiger partial charge in [0.05, 0.1) is 21.6 Å². The molecule has 0 bridgehead atoms. The second-order valence-corrected chi connectivity index (χ2v) is 6.90. The Morgan fingerprint density at radius 1 is 1.19 bits per heavy atom. The van der Waals surface area contributed by atoms with E-state index in [0.29, 0.717) is 18.0 Å². The van der Waals surface area contributed by atoms with E-state index < -0.39 is 0 Å². The molecule has 3 aromatic heterocycles. The Hall–Kier alpha value is -3.06. The van der Waals surface area contributed by atoms with Gasteiger partial charge in [0.2, 0.25) is 0 Å². The number of nitrogens with one attached hydrogen (secondary N) is 1. The molecule has 0 aliphatic rings. The van der Waals surface area contributed by atoms with Gasteiger partial charge >= 0.3 is 0 Å². The van der Waals surface area contributed by atoms with E-state index in [1.165, 1.54) is 23.5 Å². The van der Waals surface area contributed by atoms with Crippen molar-refractivity contribution in [3.05, 3.63) is 71.2 Å². The van der Waals surface area contributed by atoms with Crippen LogP contribution in [0.25, 0.3) is 16.2 Å². The van der Waals surface area contributed by atoms with Crippen LogP contribution >= 0.6 is 11.3 Å². The lowest BCUT2D eigenvalue weighted by atomic mass is 10.2. The highest BCUT2D eigenvalue weighted by molar-refractivity contribution is 7.17. The van der Waals surface area contributed by atoms with Crippen LogP contribution in [0.15, 0.2) is 55.0 Å². The number of imidazole rings is 1. The lowest BCUT2D eigenvalue weighted by molar-refractivity contribution is 0.102. The van der Waals surface area contributed by atoms with Gasteiger partial charge in [-0.3, -0.25) is 9.20 Å². The number of hydrogen-bond acceptors (Lipinski definition) is 5. The Morgan fingerprint density at radius 2 is 2.00 bits per heavy atom. The Morgan fingerprint density at radius 3 is 2.73 bits per heavy atom. The quantitative estimate of drug-likeness (QED) is 0.532. The Bertz CT molecular complexity index is 1080.